The summed E-state index contributed by atoms with van der Waals surface area (Å²) in [7, 11) is 2.20. The fraction of sp³-hybridized carbons (Fsp3) is 0.625. The zero-order chi connectivity index (χ0) is 14.4. The molecule has 4 heteroatoms. The molecule has 1 aromatic rings. The maximum absolute atomic E-state index is 6.11. The molecule has 1 saturated heterocycles. The van der Waals surface area contributed by atoms with Crippen molar-refractivity contribution in [3.8, 4) is 0 Å². The molecule has 2 rings (SSSR count). The minimum atomic E-state index is 0.401. The van der Waals surface area contributed by atoms with Gasteiger partial charge in [0.05, 0.1) is 0 Å². The van der Waals surface area contributed by atoms with Crippen LogP contribution in [0.3, 0.4) is 0 Å². The van der Waals surface area contributed by atoms with Crippen molar-refractivity contribution in [1.29, 1.82) is 0 Å². The van der Waals surface area contributed by atoms with Crippen LogP contribution in [0.5, 0.6) is 0 Å². The van der Waals surface area contributed by atoms with Gasteiger partial charge in [0.25, 0.3) is 0 Å². The zero-order valence-corrected chi connectivity index (χ0v) is 13.4. The Labute approximate surface area is 127 Å². The number of likely N-dealkylation sites (N-methyl/N-ethyl adjacent to an activating group) is 1. The van der Waals surface area contributed by atoms with Crippen molar-refractivity contribution in [3.63, 3.8) is 0 Å². The fourth-order valence-corrected chi connectivity index (χ4v) is 2.94. The van der Waals surface area contributed by atoms with Gasteiger partial charge in [0, 0.05) is 43.8 Å². The summed E-state index contributed by atoms with van der Waals surface area (Å²) in [6.07, 6.45) is 1.14. The van der Waals surface area contributed by atoms with Gasteiger partial charge in [-0.05, 0) is 37.7 Å². The highest BCUT2D eigenvalue weighted by Gasteiger charge is 2.16. The van der Waals surface area contributed by atoms with Gasteiger partial charge in [-0.25, -0.2) is 0 Å². The molecule has 0 aromatic heterocycles. The normalized spacial score (nSPS) is 19.1. The van der Waals surface area contributed by atoms with E-state index in [2.05, 4.69) is 41.2 Å². The molecule has 0 saturated carbocycles. The summed E-state index contributed by atoms with van der Waals surface area (Å²) in [5.74, 6) is 0. The van der Waals surface area contributed by atoms with Crippen LogP contribution in [0.25, 0.3) is 0 Å². The maximum Gasteiger partial charge on any atom is 0.0409 e. The van der Waals surface area contributed by atoms with Gasteiger partial charge in [-0.15, -0.1) is 0 Å². The van der Waals surface area contributed by atoms with Gasteiger partial charge in [0.2, 0.25) is 0 Å². The highest BCUT2D eigenvalue weighted by molar-refractivity contribution is 6.30. The molecule has 1 aliphatic rings. The molecule has 3 nitrogen and oxygen atoms in total. The number of nitrogens with one attached hydrogen (secondary N) is 1. The van der Waals surface area contributed by atoms with Gasteiger partial charge in [0.15, 0.2) is 0 Å². The number of halogens is 1. The van der Waals surface area contributed by atoms with Gasteiger partial charge >= 0.3 is 0 Å². The molecule has 1 atom stereocenters. The second-order valence-corrected chi connectivity index (χ2v) is 6.04. The van der Waals surface area contributed by atoms with Gasteiger partial charge in [0.1, 0.15) is 0 Å². The van der Waals surface area contributed by atoms with E-state index in [1.165, 1.54) is 31.7 Å². The lowest BCUT2D eigenvalue weighted by atomic mass is 10.0. The molecule has 1 unspecified atom stereocenters. The number of rotatable bonds is 6. The molecule has 112 valence electrons. The number of nitrogens with zero attached hydrogens (tertiary/aromatic N) is 2. The van der Waals surface area contributed by atoms with Crippen LogP contribution in [-0.4, -0.2) is 56.1 Å². The summed E-state index contributed by atoms with van der Waals surface area (Å²) in [5, 5.41) is 4.40. The largest absolute Gasteiger partial charge is 0.310 e. The Balaban J connectivity index is 1.89. The molecule has 0 amide bonds. The average Bonchev–Trinajstić information content (AvgIpc) is 2.45. The van der Waals surface area contributed by atoms with E-state index in [9.17, 15) is 0 Å². The van der Waals surface area contributed by atoms with Crippen LogP contribution in [0.15, 0.2) is 24.3 Å². The first-order chi connectivity index (χ1) is 9.69. The van der Waals surface area contributed by atoms with Crippen LogP contribution in [0.1, 0.15) is 24.9 Å². The van der Waals surface area contributed by atoms with Crippen molar-refractivity contribution in [2.45, 2.75) is 19.4 Å². The highest BCUT2D eigenvalue weighted by Crippen LogP contribution is 2.21. The molecule has 1 fully saturated rings. The Hall–Kier alpha value is -0.610. The van der Waals surface area contributed by atoms with E-state index >= 15 is 0 Å². The maximum atomic E-state index is 6.11. The van der Waals surface area contributed by atoms with E-state index in [4.69, 9.17) is 11.6 Å². The van der Waals surface area contributed by atoms with Crippen LogP contribution < -0.4 is 5.32 Å². The lowest BCUT2D eigenvalue weighted by Crippen LogP contribution is -2.45. The minimum Gasteiger partial charge on any atom is -0.310 e. The predicted molar refractivity (Wildman–Crippen MR) is 86.4 cm³/mol. The van der Waals surface area contributed by atoms with Gasteiger partial charge in [-0.2, -0.15) is 0 Å². The molecular formula is C16H26ClN3. The minimum absolute atomic E-state index is 0.401. The van der Waals surface area contributed by atoms with Crippen molar-refractivity contribution in [2.24, 2.45) is 0 Å². The van der Waals surface area contributed by atoms with E-state index in [1.807, 2.05) is 12.1 Å². The number of piperazine rings is 1. The van der Waals surface area contributed by atoms with E-state index in [0.29, 0.717) is 6.04 Å². The van der Waals surface area contributed by atoms with E-state index in [0.717, 1.165) is 24.5 Å². The van der Waals surface area contributed by atoms with Gasteiger partial charge < -0.3 is 15.1 Å². The van der Waals surface area contributed by atoms with Crippen LogP contribution in [-0.2, 0) is 0 Å². The zero-order valence-electron chi connectivity index (χ0n) is 12.6. The van der Waals surface area contributed by atoms with Crippen molar-refractivity contribution in [2.75, 3.05) is 46.3 Å². The van der Waals surface area contributed by atoms with E-state index in [-0.39, 0.29) is 0 Å². The summed E-state index contributed by atoms with van der Waals surface area (Å²) in [4.78, 5) is 4.96. The molecular weight excluding hydrogens is 270 g/mol. The Bertz CT molecular complexity index is 402. The smallest absolute Gasteiger partial charge is 0.0409 e. The predicted octanol–water partition coefficient (Wildman–Crippen LogP) is 2.63. The Morgan fingerprint density at radius 2 is 2.00 bits per heavy atom. The molecule has 1 aromatic carbocycles. The molecule has 0 radical (unpaired) electrons. The monoisotopic (exact) mass is 295 g/mol. The quantitative estimate of drug-likeness (QED) is 0.870. The molecule has 20 heavy (non-hydrogen) atoms. The van der Waals surface area contributed by atoms with Crippen molar-refractivity contribution in [1.82, 2.24) is 15.1 Å². The summed E-state index contributed by atoms with van der Waals surface area (Å²) < 4.78 is 0. The number of benzene rings is 1. The second kappa shape index (κ2) is 7.99. The second-order valence-electron chi connectivity index (χ2n) is 5.60. The topological polar surface area (TPSA) is 18.5 Å². The van der Waals surface area contributed by atoms with E-state index < -0.39 is 0 Å². The molecule has 0 spiro atoms. The molecule has 0 bridgehead atoms. The van der Waals surface area contributed by atoms with Crippen molar-refractivity contribution in [3.05, 3.63) is 34.9 Å². The highest BCUT2D eigenvalue weighted by atomic mass is 35.5. The first kappa shape index (κ1) is 15.8. The van der Waals surface area contributed by atoms with Crippen molar-refractivity contribution < 1.29 is 0 Å². The fourth-order valence-electron chi connectivity index (χ4n) is 2.74. The SMILES string of the molecule is CCNC(CCN1CCN(C)CC1)c1cccc(Cl)c1. The Morgan fingerprint density at radius 3 is 2.65 bits per heavy atom. The summed E-state index contributed by atoms with van der Waals surface area (Å²) >= 11 is 6.11. The summed E-state index contributed by atoms with van der Waals surface area (Å²) in [6.45, 7) is 9.03. The molecule has 1 aliphatic heterocycles. The summed E-state index contributed by atoms with van der Waals surface area (Å²) in [6, 6.07) is 8.63. The molecule has 0 aliphatic carbocycles. The molecule has 1 heterocycles. The third-order valence-electron chi connectivity index (χ3n) is 4.03. The third kappa shape index (κ3) is 4.74. The number of hydrogen-bond donors (Lipinski definition) is 1. The van der Waals surface area contributed by atoms with Gasteiger partial charge in [-0.1, -0.05) is 30.7 Å². The third-order valence-corrected chi connectivity index (χ3v) is 4.27. The Morgan fingerprint density at radius 1 is 1.25 bits per heavy atom. The lowest BCUT2D eigenvalue weighted by Gasteiger charge is -2.33. The standard InChI is InChI=1S/C16H26ClN3/c1-3-18-16(14-5-4-6-15(17)13-14)7-8-20-11-9-19(2)10-12-20/h4-6,13,16,18H,3,7-12H2,1-2H3. The Kier molecular flexibility index (Phi) is 6.30. The first-order valence-corrected chi connectivity index (χ1v) is 7.96. The van der Waals surface area contributed by atoms with E-state index in [1.54, 1.807) is 0 Å². The first-order valence-electron chi connectivity index (χ1n) is 7.58. The van der Waals surface area contributed by atoms with Crippen LogP contribution >= 0.6 is 11.6 Å². The van der Waals surface area contributed by atoms with Crippen molar-refractivity contribution >= 4 is 11.6 Å². The number of hydrogen-bond acceptors (Lipinski definition) is 3. The van der Waals surface area contributed by atoms with Crippen LogP contribution in [0.4, 0.5) is 0 Å². The van der Waals surface area contributed by atoms with Crippen LogP contribution in [0.2, 0.25) is 5.02 Å². The average molecular weight is 296 g/mol. The lowest BCUT2D eigenvalue weighted by molar-refractivity contribution is 0.149. The summed E-state index contributed by atoms with van der Waals surface area (Å²) in [5.41, 5.74) is 1.30. The molecule has 1 N–H and O–H groups in total. The van der Waals surface area contributed by atoms with Gasteiger partial charge in [-0.3, -0.25) is 0 Å². The van der Waals surface area contributed by atoms with Crippen LogP contribution in [0, 0.1) is 0 Å².